The third-order valence-corrected chi connectivity index (χ3v) is 6.05. The number of hydrogen-bond donors (Lipinski definition) is 1. The highest BCUT2D eigenvalue weighted by Crippen LogP contribution is 2.07. The van der Waals surface area contributed by atoms with E-state index in [2.05, 4.69) is 80.4 Å². The molecule has 0 saturated heterocycles. The van der Waals surface area contributed by atoms with Crippen LogP contribution in [0.1, 0.15) is 16.7 Å². The molecule has 112 valence electrons. The molecule has 0 amide bonds. The standard InChI is InChI=1S/C19H27NSi/c1-16-7-5-6-8-18(16)13-14-20-15-17-9-11-19(12-10-17)21(2,3)4/h5-12,20H,13-15H2,1-4H3. The minimum atomic E-state index is -1.17. The summed E-state index contributed by atoms with van der Waals surface area (Å²) in [5, 5.41) is 5.08. The molecule has 1 N–H and O–H groups in total. The van der Waals surface area contributed by atoms with Crippen molar-refractivity contribution in [1.82, 2.24) is 5.32 Å². The Morgan fingerprint density at radius 3 is 2.19 bits per heavy atom. The average molecular weight is 298 g/mol. The molecular weight excluding hydrogens is 270 g/mol. The molecule has 0 aromatic heterocycles. The predicted octanol–water partition coefficient (Wildman–Crippen LogP) is 3.87. The van der Waals surface area contributed by atoms with Gasteiger partial charge >= 0.3 is 0 Å². The maximum absolute atomic E-state index is 3.55. The number of hydrogen-bond acceptors (Lipinski definition) is 1. The summed E-state index contributed by atoms with van der Waals surface area (Å²) < 4.78 is 0. The smallest absolute Gasteiger partial charge is 0.0775 e. The molecule has 0 aliphatic rings. The first-order valence-corrected chi connectivity index (χ1v) is 11.3. The van der Waals surface area contributed by atoms with Gasteiger partial charge in [0.15, 0.2) is 0 Å². The second-order valence-electron chi connectivity index (χ2n) is 6.80. The number of rotatable bonds is 6. The maximum atomic E-state index is 3.55. The molecule has 0 bridgehead atoms. The molecule has 0 unspecified atom stereocenters. The molecule has 0 aliphatic heterocycles. The highest BCUT2D eigenvalue weighted by Gasteiger charge is 2.15. The van der Waals surface area contributed by atoms with Crippen LogP contribution in [0.25, 0.3) is 0 Å². The normalized spacial score (nSPS) is 11.6. The van der Waals surface area contributed by atoms with Gasteiger partial charge in [-0.15, -0.1) is 0 Å². The Morgan fingerprint density at radius 2 is 1.57 bits per heavy atom. The fourth-order valence-electron chi connectivity index (χ4n) is 2.47. The van der Waals surface area contributed by atoms with Crippen molar-refractivity contribution in [2.24, 2.45) is 0 Å². The summed E-state index contributed by atoms with van der Waals surface area (Å²) >= 11 is 0. The molecule has 0 atom stereocenters. The molecule has 0 heterocycles. The minimum Gasteiger partial charge on any atom is -0.312 e. The largest absolute Gasteiger partial charge is 0.312 e. The van der Waals surface area contributed by atoms with Crippen LogP contribution in [-0.4, -0.2) is 14.6 Å². The molecule has 2 aromatic carbocycles. The third-order valence-electron chi connectivity index (χ3n) is 3.98. The summed E-state index contributed by atoms with van der Waals surface area (Å²) in [6, 6.07) is 17.8. The maximum Gasteiger partial charge on any atom is 0.0775 e. The first kappa shape index (κ1) is 16.0. The Bertz CT molecular complexity index is 567. The van der Waals surface area contributed by atoms with Crippen LogP contribution in [-0.2, 0) is 13.0 Å². The van der Waals surface area contributed by atoms with E-state index in [1.165, 1.54) is 21.9 Å². The molecule has 2 aromatic rings. The predicted molar refractivity (Wildman–Crippen MR) is 96.0 cm³/mol. The lowest BCUT2D eigenvalue weighted by Crippen LogP contribution is -2.37. The summed E-state index contributed by atoms with van der Waals surface area (Å²) in [7, 11) is -1.17. The molecular formula is C19H27NSi. The Morgan fingerprint density at radius 1 is 0.905 bits per heavy atom. The van der Waals surface area contributed by atoms with Gasteiger partial charge in [-0.3, -0.25) is 0 Å². The van der Waals surface area contributed by atoms with E-state index in [0.717, 1.165) is 19.5 Å². The van der Waals surface area contributed by atoms with Gasteiger partial charge in [0.1, 0.15) is 0 Å². The van der Waals surface area contributed by atoms with Gasteiger partial charge in [-0.05, 0) is 36.6 Å². The lowest BCUT2D eigenvalue weighted by atomic mass is 10.1. The Labute approximate surface area is 130 Å². The van der Waals surface area contributed by atoms with Gasteiger partial charge in [-0.1, -0.05) is 73.4 Å². The highest BCUT2D eigenvalue weighted by atomic mass is 28.3. The monoisotopic (exact) mass is 297 g/mol. The van der Waals surface area contributed by atoms with E-state index < -0.39 is 8.07 Å². The average Bonchev–Trinajstić information content (AvgIpc) is 2.45. The van der Waals surface area contributed by atoms with E-state index in [1.807, 2.05) is 0 Å². The van der Waals surface area contributed by atoms with Gasteiger partial charge in [-0.25, -0.2) is 0 Å². The van der Waals surface area contributed by atoms with Crippen molar-refractivity contribution in [2.75, 3.05) is 6.54 Å². The van der Waals surface area contributed by atoms with Crippen LogP contribution < -0.4 is 10.5 Å². The van der Waals surface area contributed by atoms with E-state index >= 15 is 0 Å². The molecule has 0 spiro atoms. The summed E-state index contributed by atoms with van der Waals surface area (Å²) in [4.78, 5) is 0. The van der Waals surface area contributed by atoms with Crippen molar-refractivity contribution in [2.45, 2.75) is 39.5 Å². The summed E-state index contributed by atoms with van der Waals surface area (Å²) in [5.74, 6) is 0. The molecule has 0 radical (unpaired) electrons. The van der Waals surface area contributed by atoms with Crippen LogP contribution in [0.5, 0.6) is 0 Å². The van der Waals surface area contributed by atoms with Crippen LogP contribution in [0.15, 0.2) is 48.5 Å². The van der Waals surface area contributed by atoms with E-state index in [-0.39, 0.29) is 0 Å². The molecule has 0 fully saturated rings. The zero-order valence-corrected chi connectivity index (χ0v) is 14.7. The van der Waals surface area contributed by atoms with Crippen molar-refractivity contribution >= 4 is 13.3 Å². The Kier molecular flexibility index (Phi) is 5.37. The highest BCUT2D eigenvalue weighted by molar-refractivity contribution is 6.88. The zero-order valence-electron chi connectivity index (χ0n) is 13.7. The molecule has 2 heteroatoms. The van der Waals surface area contributed by atoms with Gasteiger partial charge < -0.3 is 5.32 Å². The lowest BCUT2D eigenvalue weighted by molar-refractivity contribution is 0.686. The van der Waals surface area contributed by atoms with Crippen molar-refractivity contribution < 1.29 is 0 Å². The summed E-state index contributed by atoms with van der Waals surface area (Å²) in [6.07, 6.45) is 1.10. The lowest BCUT2D eigenvalue weighted by Gasteiger charge is -2.16. The van der Waals surface area contributed by atoms with E-state index in [1.54, 1.807) is 0 Å². The zero-order chi connectivity index (χ0) is 15.3. The first-order chi connectivity index (χ1) is 9.97. The Balaban J connectivity index is 1.80. The van der Waals surface area contributed by atoms with Gasteiger partial charge in [0.25, 0.3) is 0 Å². The van der Waals surface area contributed by atoms with Gasteiger partial charge in [0.2, 0.25) is 0 Å². The molecule has 1 nitrogen and oxygen atoms in total. The van der Waals surface area contributed by atoms with Crippen LogP contribution in [0.2, 0.25) is 19.6 Å². The Hall–Kier alpha value is -1.38. The van der Waals surface area contributed by atoms with Crippen LogP contribution in [0, 0.1) is 6.92 Å². The summed E-state index contributed by atoms with van der Waals surface area (Å²) in [5.41, 5.74) is 4.21. The van der Waals surface area contributed by atoms with Crippen LogP contribution in [0.3, 0.4) is 0 Å². The van der Waals surface area contributed by atoms with Crippen molar-refractivity contribution in [3.63, 3.8) is 0 Å². The SMILES string of the molecule is Cc1ccccc1CCNCc1ccc([Si](C)(C)C)cc1. The van der Waals surface area contributed by atoms with Crippen LogP contribution >= 0.6 is 0 Å². The van der Waals surface area contributed by atoms with E-state index in [4.69, 9.17) is 0 Å². The van der Waals surface area contributed by atoms with Crippen LogP contribution in [0.4, 0.5) is 0 Å². The van der Waals surface area contributed by atoms with Crippen molar-refractivity contribution in [3.05, 3.63) is 65.2 Å². The number of benzene rings is 2. The number of aryl methyl sites for hydroxylation is 1. The van der Waals surface area contributed by atoms with E-state index in [0.29, 0.717) is 0 Å². The van der Waals surface area contributed by atoms with Gasteiger partial charge in [-0.2, -0.15) is 0 Å². The molecule has 21 heavy (non-hydrogen) atoms. The van der Waals surface area contributed by atoms with Crippen molar-refractivity contribution in [3.8, 4) is 0 Å². The molecule has 0 saturated carbocycles. The quantitative estimate of drug-likeness (QED) is 0.630. The molecule has 2 rings (SSSR count). The third kappa shape index (κ3) is 4.83. The van der Waals surface area contributed by atoms with Gasteiger partial charge in [0, 0.05) is 6.54 Å². The topological polar surface area (TPSA) is 12.0 Å². The second kappa shape index (κ2) is 7.06. The molecule has 0 aliphatic carbocycles. The summed E-state index contributed by atoms with van der Waals surface area (Å²) in [6.45, 7) is 11.3. The second-order valence-corrected chi connectivity index (χ2v) is 11.9. The van der Waals surface area contributed by atoms with Crippen molar-refractivity contribution in [1.29, 1.82) is 0 Å². The fourth-order valence-corrected chi connectivity index (χ4v) is 3.64. The minimum absolute atomic E-state index is 0.956. The number of nitrogens with one attached hydrogen (secondary N) is 1. The first-order valence-electron chi connectivity index (χ1n) is 7.81. The fraction of sp³-hybridized carbons (Fsp3) is 0.368. The van der Waals surface area contributed by atoms with Gasteiger partial charge in [0.05, 0.1) is 8.07 Å². The van der Waals surface area contributed by atoms with E-state index in [9.17, 15) is 0 Å².